The fourth-order valence-corrected chi connectivity index (χ4v) is 5.41. The lowest BCUT2D eigenvalue weighted by Gasteiger charge is -2.30. The third-order valence-electron chi connectivity index (χ3n) is 6.98. The highest BCUT2D eigenvalue weighted by molar-refractivity contribution is 5.99. The van der Waals surface area contributed by atoms with Gasteiger partial charge < -0.3 is 14.9 Å². The summed E-state index contributed by atoms with van der Waals surface area (Å²) < 4.78 is 35.6. The molecule has 0 bridgehead atoms. The first kappa shape index (κ1) is 21.0. The molecule has 2 unspecified atom stereocenters. The maximum absolute atomic E-state index is 15.7. The first-order valence-electron chi connectivity index (χ1n) is 11.2. The number of phenols is 1. The quantitative estimate of drug-likeness (QED) is 0.464. The van der Waals surface area contributed by atoms with Crippen LogP contribution in [-0.4, -0.2) is 61.5 Å². The lowest BCUT2D eigenvalue weighted by molar-refractivity contribution is 0.107. The van der Waals surface area contributed by atoms with Crippen LogP contribution in [0.4, 0.5) is 8.78 Å². The summed E-state index contributed by atoms with van der Waals surface area (Å²) >= 11 is 0. The number of phenolic OH excluding ortho intramolecular Hbond substituents is 1. The first-order chi connectivity index (χ1) is 16.4. The van der Waals surface area contributed by atoms with Crippen molar-refractivity contribution < 1.29 is 23.7 Å². The standard InChI is InChI=1S/C25H22F2N4O3/c26-15-10-25(6-3-7-31(25)12-15)13-34-24-29-22-19(23(33)30-24)11-28-21(20(22)27)18-9-16(32)8-14-4-1-2-5-17(14)18/h1-2,4-5,8-9,11,15,32H,3,6-7,10,12-13H2,(H,29,30,33). The molecule has 2 aliphatic rings. The number of ether oxygens (including phenoxy) is 1. The molecule has 0 amide bonds. The Balaban J connectivity index is 1.41. The lowest BCUT2D eigenvalue weighted by atomic mass is 9.95. The second-order valence-corrected chi connectivity index (χ2v) is 9.09. The molecule has 2 atom stereocenters. The molecule has 2 N–H and O–H groups in total. The molecular formula is C25H22F2N4O3. The van der Waals surface area contributed by atoms with Crippen LogP contribution in [-0.2, 0) is 0 Å². The number of rotatable bonds is 4. The van der Waals surface area contributed by atoms with Crippen molar-refractivity contribution in [1.82, 2.24) is 19.9 Å². The van der Waals surface area contributed by atoms with E-state index in [-0.39, 0.29) is 35.0 Å². The van der Waals surface area contributed by atoms with Crippen LogP contribution >= 0.6 is 0 Å². The minimum atomic E-state index is -0.905. The summed E-state index contributed by atoms with van der Waals surface area (Å²) in [6, 6.07) is 10.1. The molecule has 0 saturated carbocycles. The van der Waals surface area contributed by atoms with Crippen LogP contribution in [0.2, 0.25) is 0 Å². The predicted octanol–water partition coefficient (Wildman–Crippen LogP) is 4.35. The zero-order valence-electron chi connectivity index (χ0n) is 18.2. The predicted molar refractivity (Wildman–Crippen MR) is 122 cm³/mol. The molecular weight excluding hydrogens is 442 g/mol. The summed E-state index contributed by atoms with van der Waals surface area (Å²) in [6.07, 6.45) is 2.53. The van der Waals surface area contributed by atoms with Crippen molar-refractivity contribution in [2.75, 3.05) is 19.7 Å². The maximum atomic E-state index is 15.7. The van der Waals surface area contributed by atoms with E-state index in [9.17, 15) is 14.6 Å². The van der Waals surface area contributed by atoms with Crippen LogP contribution in [0, 0.1) is 5.82 Å². The Bertz CT molecular complexity index is 1430. The van der Waals surface area contributed by atoms with Crippen LogP contribution < -0.4 is 4.74 Å². The second kappa shape index (κ2) is 7.73. The van der Waals surface area contributed by atoms with Gasteiger partial charge in [-0.05, 0) is 42.3 Å². The first-order valence-corrected chi connectivity index (χ1v) is 11.2. The van der Waals surface area contributed by atoms with Crippen molar-refractivity contribution in [3.05, 3.63) is 48.4 Å². The van der Waals surface area contributed by atoms with E-state index in [1.807, 2.05) is 24.3 Å². The van der Waals surface area contributed by atoms with Crippen LogP contribution in [0.25, 0.3) is 32.9 Å². The van der Waals surface area contributed by atoms with Crippen molar-refractivity contribution in [2.24, 2.45) is 0 Å². The normalized spacial score (nSPS) is 22.5. The monoisotopic (exact) mass is 464 g/mol. The smallest absolute Gasteiger partial charge is 0.320 e. The van der Waals surface area contributed by atoms with E-state index in [4.69, 9.17) is 4.74 Å². The molecule has 9 heteroatoms. The van der Waals surface area contributed by atoms with Gasteiger partial charge >= 0.3 is 6.01 Å². The van der Waals surface area contributed by atoms with Gasteiger partial charge in [0, 0.05) is 24.7 Å². The van der Waals surface area contributed by atoms with Crippen molar-refractivity contribution in [3.63, 3.8) is 0 Å². The summed E-state index contributed by atoms with van der Waals surface area (Å²) in [5, 5.41) is 22.1. The molecule has 6 rings (SSSR count). The lowest BCUT2D eigenvalue weighted by Crippen LogP contribution is -2.43. The zero-order valence-corrected chi connectivity index (χ0v) is 18.2. The third-order valence-corrected chi connectivity index (χ3v) is 6.98. The number of pyridine rings is 1. The number of nitrogens with zero attached hydrogens (tertiary/aromatic N) is 4. The third kappa shape index (κ3) is 3.30. The van der Waals surface area contributed by atoms with Gasteiger partial charge in [0.15, 0.2) is 5.82 Å². The van der Waals surface area contributed by atoms with Gasteiger partial charge in [-0.25, -0.2) is 8.78 Å². The number of hydrogen-bond donors (Lipinski definition) is 2. The fourth-order valence-electron chi connectivity index (χ4n) is 5.41. The Morgan fingerprint density at radius 3 is 2.88 bits per heavy atom. The van der Waals surface area contributed by atoms with Crippen molar-refractivity contribution in [2.45, 2.75) is 31.0 Å². The van der Waals surface area contributed by atoms with Gasteiger partial charge in [-0.15, -0.1) is 0 Å². The van der Waals surface area contributed by atoms with E-state index in [1.54, 1.807) is 6.07 Å². The second-order valence-electron chi connectivity index (χ2n) is 9.09. The van der Waals surface area contributed by atoms with Crippen molar-refractivity contribution in [1.29, 1.82) is 0 Å². The largest absolute Gasteiger partial charge is 0.508 e. The molecule has 34 heavy (non-hydrogen) atoms. The van der Waals surface area contributed by atoms with Gasteiger partial charge in [-0.3, -0.25) is 9.88 Å². The minimum Gasteiger partial charge on any atom is -0.508 e. The highest BCUT2D eigenvalue weighted by Gasteiger charge is 2.49. The summed E-state index contributed by atoms with van der Waals surface area (Å²) in [5.41, 5.74) is -0.178. The van der Waals surface area contributed by atoms with E-state index < -0.39 is 23.4 Å². The van der Waals surface area contributed by atoms with Crippen molar-refractivity contribution in [3.8, 4) is 28.9 Å². The molecule has 0 aliphatic carbocycles. The molecule has 7 nitrogen and oxygen atoms in total. The van der Waals surface area contributed by atoms with Gasteiger partial charge in [0.05, 0.1) is 10.9 Å². The zero-order chi connectivity index (χ0) is 23.4. The molecule has 0 radical (unpaired) electrons. The fraction of sp³-hybridized carbons (Fsp3) is 0.320. The van der Waals surface area contributed by atoms with Gasteiger partial charge in [0.25, 0.3) is 0 Å². The molecule has 4 heterocycles. The van der Waals surface area contributed by atoms with Crippen molar-refractivity contribution >= 4 is 21.7 Å². The summed E-state index contributed by atoms with van der Waals surface area (Å²) in [5.74, 6) is -1.23. The number of alkyl halides is 1. The van der Waals surface area contributed by atoms with Gasteiger partial charge in [0.2, 0.25) is 5.88 Å². The van der Waals surface area contributed by atoms with Crippen LogP contribution in [0.1, 0.15) is 19.3 Å². The van der Waals surface area contributed by atoms with Crippen LogP contribution in [0.5, 0.6) is 17.6 Å². The van der Waals surface area contributed by atoms with Crippen LogP contribution in [0.3, 0.4) is 0 Å². The summed E-state index contributed by atoms with van der Waals surface area (Å²) in [6.45, 7) is 1.36. The van der Waals surface area contributed by atoms with E-state index in [0.29, 0.717) is 23.9 Å². The van der Waals surface area contributed by atoms with E-state index in [1.165, 1.54) is 12.3 Å². The molecule has 2 aromatic heterocycles. The van der Waals surface area contributed by atoms with E-state index in [0.717, 1.165) is 24.8 Å². The average molecular weight is 464 g/mol. The number of benzene rings is 2. The Labute approximate surface area is 193 Å². The molecule has 2 aromatic carbocycles. The number of halogens is 2. The Morgan fingerprint density at radius 2 is 2.00 bits per heavy atom. The average Bonchev–Trinajstić information content (AvgIpc) is 3.33. The molecule has 2 aliphatic heterocycles. The van der Waals surface area contributed by atoms with E-state index in [2.05, 4.69) is 19.9 Å². The van der Waals surface area contributed by atoms with Gasteiger partial charge in [-0.1, -0.05) is 24.3 Å². The van der Waals surface area contributed by atoms with Crippen LogP contribution in [0.15, 0.2) is 42.6 Å². The topological polar surface area (TPSA) is 91.6 Å². The Kier molecular flexibility index (Phi) is 4.77. The highest BCUT2D eigenvalue weighted by atomic mass is 19.1. The summed E-state index contributed by atoms with van der Waals surface area (Å²) in [4.78, 5) is 14.5. The number of hydrogen-bond acceptors (Lipinski definition) is 7. The van der Waals surface area contributed by atoms with E-state index >= 15 is 4.39 Å². The highest BCUT2D eigenvalue weighted by Crippen LogP contribution is 2.41. The molecule has 174 valence electrons. The molecule has 2 fully saturated rings. The molecule has 4 aromatic rings. The summed E-state index contributed by atoms with van der Waals surface area (Å²) in [7, 11) is 0. The van der Waals surface area contributed by atoms with Gasteiger partial charge in [-0.2, -0.15) is 9.97 Å². The molecule has 0 spiro atoms. The molecule has 2 saturated heterocycles. The SMILES string of the molecule is Oc1cc(-c2ncc3c(O)nc(OCC45CCCN4CC(F)C5)nc3c2F)c2ccccc2c1. The Morgan fingerprint density at radius 1 is 1.15 bits per heavy atom. The number of aromatic hydroxyl groups is 2. The maximum Gasteiger partial charge on any atom is 0.320 e. The number of fused-ring (bicyclic) bond motifs is 3. The minimum absolute atomic E-state index is 0.0136. The van der Waals surface area contributed by atoms with Gasteiger partial charge in [0.1, 0.15) is 29.7 Å². The number of aromatic nitrogens is 3. The Hall–Kier alpha value is -3.59.